The fourth-order valence-electron chi connectivity index (χ4n) is 2.63. The minimum absolute atomic E-state index is 0.0249. The van der Waals surface area contributed by atoms with Crippen molar-refractivity contribution >= 4 is 5.91 Å². The zero-order valence-electron chi connectivity index (χ0n) is 11.9. The van der Waals surface area contributed by atoms with Crippen LogP contribution < -0.4 is 5.32 Å². The first-order valence-electron chi connectivity index (χ1n) is 7.44. The van der Waals surface area contributed by atoms with Crippen molar-refractivity contribution in [2.45, 2.75) is 31.4 Å². The van der Waals surface area contributed by atoms with E-state index in [4.69, 9.17) is 4.74 Å². The molecule has 1 saturated heterocycles. The molecule has 1 aromatic heterocycles. The fraction of sp³-hybridized carbons (Fsp3) is 0.600. The van der Waals surface area contributed by atoms with Gasteiger partial charge >= 0.3 is 0 Å². The van der Waals surface area contributed by atoms with E-state index in [1.54, 1.807) is 0 Å². The molecule has 0 aromatic carbocycles. The van der Waals surface area contributed by atoms with Gasteiger partial charge < -0.3 is 10.1 Å². The van der Waals surface area contributed by atoms with Gasteiger partial charge in [0, 0.05) is 31.9 Å². The minimum Gasteiger partial charge on any atom is -0.374 e. The molecule has 2 heterocycles. The molecular formula is C15H20FN3O2. The van der Waals surface area contributed by atoms with Crippen LogP contribution in [0.25, 0.3) is 0 Å². The summed E-state index contributed by atoms with van der Waals surface area (Å²) in [6, 6.07) is 3.54. The molecule has 0 radical (unpaired) electrons. The van der Waals surface area contributed by atoms with E-state index in [0.29, 0.717) is 13.2 Å². The van der Waals surface area contributed by atoms with Crippen LogP contribution in [0.2, 0.25) is 0 Å². The molecule has 0 bridgehead atoms. The zero-order chi connectivity index (χ0) is 14.7. The van der Waals surface area contributed by atoms with Crippen LogP contribution in [0.4, 0.5) is 4.39 Å². The second-order valence-electron chi connectivity index (χ2n) is 5.63. The Bertz CT molecular complexity index is 507. The summed E-state index contributed by atoms with van der Waals surface area (Å²) >= 11 is 0. The predicted molar refractivity (Wildman–Crippen MR) is 75.2 cm³/mol. The summed E-state index contributed by atoms with van der Waals surface area (Å²) in [4.78, 5) is 18.2. The molecule has 1 aromatic rings. The van der Waals surface area contributed by atoms with Crippen molar-refractivity contribution in [2.75, 3.05) is 26.2 Å². The summed E-state index contributed by atoms with van der Waals surface area (Å²) in [5, 5.41) is 2.81. The van der Waals surface area contributed by atoms with Gasteiger partial charge in [-0.15, -0.1) is 0 Å². The topological polar surface area (TPSA) is 54.5 Å². The molecule has 3 rings (SSSR count). The van der Waals surface area contributed by atoms with Crippen LogP contribution >= 0.6 is 0 Å². The molecule has 5 nitrogen and oxygen atoms in total. The number of carbonyl (C=O) groups excluding carboxylic acids is 1. The van der Waals surface area contributed by atoms with Crippen molar-refractivity contribution in [2.24, 2.45) is 0 Å². The number of nitrogens with one attached hydrogen (secondary N) is 1. The monoisotopic (exact) mass is 293 g/mol. The van der Waals surface area contributed by atoms with Crippen LogP contribution in [-0.2, 0) is 16.0 Å². The molecule has 1 unspecified atom stereocenters. The number of nitrogens with zero attached hydrogens (tertiary/aromatic N) is 2. The van der Waals surface area contributed by atoms with Crippen molar-refractivity contribution in [3.63, 3.8) is 0 Å². The highest BCUT2D eigenvalue weighted by atomic mass is 19.1. The van der Waals surface area contributed by atoms with E-state index in [2.05, 4.69) is 15.2 Å². The highest BCUT2D eigenvalue weighted by Crippen LogP contribution is 2.28. The third-order valence-corrected chi connectivity index (χ3v) is 3.92. The Labute approximate surface area is 123 Å². The first-order valence-corrected chi connectivity index (χ1v) is 7.44. The molecule has 1 N–H and O–H groups in total. The van der Waals surface area contributed by atoms with Crippen molar-refractivity contribution in [1.29, 1.82) is 0 Å². The minimum atomic E-state index is -0.443. The molecule has 1 aliphatic heterocycles. The standard InChI is InChI=1S/C15H20FN3O2/c16-13-2-1-5-17-14(13)8-15(20)18-9-12-10-19(6-7-21-12)11-3-4-11/h1-2,5,11-12H,3-4,6-10H2,(H,18,20). The number of pyridine rings is 1. The van der Waals surface area contributed by atoms with Gasteiger partial charge in [0.2, 0.25) is 5.91 Å². The maximum Gasteiger partial charge on any atom is 0.226 e. The van der Waals surface area contributed by atoms with E-state index in [1.165, 1.54) is 31.2 Å². The maximum atomic E-state index is 13.4. The number of morpholine rings is 1. The summed E-state index contributed by atoms with van der Waals surface area (Å²) in [5.74, 6) is -0.666. The third kappa shape index (κ3) is 3.98. The van der Waals surface area contributed by atoms with Gasteiger partial charge in [0.1, 0.15) is 5.82 Å². The van der Waals surface area contributed by atoms with Gasteiger partial charge in [-0.25, -0.2) is 4.39 Å². The Morgan fingerprint density at radius 3 is 3.14 bits per heavy atom. The van der Waals surface area contributed by atoms with Crippen LogP contribution in [0.15, 0.2) is 18.3 Å². The van der Waals surface area contributed by atoms with E-state index < -0.39 is 5.82 Å². The van der Waals surface area contributed by atoms with E-state index in [9.17, 15) is 9.18 Å². The second-order valence-corrected chi connectivity index (χ2v) is 5.63. The molecule has 1 amide bonds. The molecule has 2 fully saturated rings. The third-order valence-electron chi connectivity index (χ3n) is 3.92. The highest BCUT2D eigenvalue weighted by molar-refractivity contribution is 5.78. The van der Waals surface area contributed by atoms with Gasteiger partial charge in [0.25, 0.3) is 0 Å². The smallest absolute Gasteiger partial charge is 0.226 e. The van der Waals surface area contributed by atoms with E-state index in [1.807, 2.05) is 0 Å². The van der Waals surface area contributed by atoms with E-state index in [-0.39, 0.29) is 24.1 Å². The van der Waals surface area contributed by atoms with Crippen molar-refractivity contribution < 1.29 is 13.9 Å². The lowest BCUT2D eigenvalue weighted by atomic mass is 10.2. The van der Waals surface area contributed by atoms with Gasteiger partial charge in [-0.2, -0.15) is 0 Å². The number of hydrogen-bond acceptors (Lipinski definition) is 4. The van der Waals surface area contributed by atoms with E-state index in [0.717, 1.165) is 19.1 Å². The molecule has 2 aliphatic rings. The fourth-order valence-corrected chi connectivity index (χ4v) is 2.63. The zero-order valence-corrected chi connectivity index (χ0v) is 11.9. The van der Waals surface area contributed by atoms with Crippen molar-refractivity contribution in [3.05, 3.63) is 29.8 Å². The van der Waals surface area contributed by atoms with Gasteiger partial charge in [-0.05, 0) is 25.0 Å². The number of halogens is 1. The van der Waals surface area contributed by atoms with Crippen molar-refractivity contribution in [3.8, 4) is 0 Å². The lowest BCUT2D eigenvalue weighted by molar-refractivity contribution is -0.121. The van der Waals surface area contributed by atoms with E-state index >= 15 is 0 Å². The highest BCUT2D eigenvalue weighted by Gasteiger charge is 2.32. The quantitative estimate of drug-likeness (QED) is 0.870. The summed E-state index contributed by atoms with van der Waals surface area (Å²) in [5.41, 5.74) is 0.180. The summed E-state index contributed by atoms with van der Waals surface area (Å²) in [7, 11) is 0. The summed E-state index contributed by atoms with van der Waals surface area (Å²) in [6.45, 7) is 3.03. The molecule has 114 valence electrons. The average molecular weight is 293 g/mol. The molecule has 21 heavy (non-hydrogen) atoms. The predicted octanol–water partition coefficient (Wildman–Crippen LogP) is 0.743. The molecule has 6 heteroatoms. The Kier molecular flexibility index (Phi) is 4.45. The number of aromatic nitrogens is 1. The lowest BCUT2D eigenvalue weighted by Gasteiger charge is -2.33. The van der Waals surface area contributed by atoms with Gasteiger partial charge in [-0.1, -0.05) is 0 Å². The second kappa shape index (κ2) is 6.49. The average Bonchev–Trinajstić information content (AvgIpc) is 3.33. The Morgan fingerprint density at radius 2 is 2.38 bits per heavy atom. The number of hydrogen-bond donors (Lipinski definition) is 1. The first-order chi connectivity index (χ1) is 10.2. The van der Waals surface area contributed by atoms with Gasteiger partial charge in [0.05, 0.1) is 24.8 Å². The van der Waals surface area contributed by atoms with Crippen LogP contribution in [0.5, 0.6) is 0 Å². The lowest BCUT2D eigenvalue weighted by Crippen LogP contribution is -2.48. The summed E-state index contributed by atoms with van der Waals surface area (Å²) < 4.78 is 19.1. The van der Waals surface area contributed by atoms with Crippen LogP contribution in [0.3, 0.4) is 0 Å². The molecular weight excluding hydrogens is 273 g/mol. The Balaban J connectivity index is 1.44. The molecule has 1 saturated carbocycles. The number of carbonyl (C=O) groups is 1. The molecule has 0 spiro atoms. The van der Waals surface area contributed by atoms with Crippen LogP contribution in [0, 0.1) is 5.82 Å². The number of amides is 1. The van der Waals surface area contributed by atoms with Crippen molar-refractivity contribution in [1.82, 2.24) is 15.2 Å². The number of ether oxygens (including phenoxy) is 1. The SMILES string of the molecule is O=C(Cc1ncccc1F)NCC1CN(C2CC2)CCO1. The molecule has 1 aliphatic carbocycles. The largest absolute Gasteiger partial charge is 0.374 e. The Morgan fingerprint density at radius 1 is 1.52 bits per heavy atom. The van der Waals surface area contributed by atoms with Crippen LogP contribution in [-0.4, -0.2) is 54.2 Å². The first kappa shape index (κ1) is 14.4. The number of rotatable bonds is 5. The summed E-state index contributed by atoms with van der Waals surface area (Å²) in [6.07, 6.45) is 4.03. The molecule has 1 atom stereocenters. The Hall–Kier alpha value is -1.53. The maximum absolute atomic E-state index is 13.4. The normalized spacial score (nSPS) is 23.0. The van der Waals surface area contributed by atoms with Crippen LogP contribution in [0.1, 0.15) is 18.5 Å². The van der Waals surface area contributed by atoms with Gasteiger partial charge in [-0.3, -0.25) is 14.7 Å². The van der Waals surface area contributed by atoms with Gasteiger partial charge in [0.15, 0.2) is 0 Å².